The van der Waals surface area contributed by atoms with E-state index in [0.717, 1.165) is 25.7 Å². The number of ether oxygens (including phenoxy) is 1. The number of nitrogens with two attached hydrogens (primary N) is 1. The van der Waals surface area contributed by atoms with E-state index in [0.29, 0.717) is 17.5 Å². The Balaban J connectivity index is 2.01. The Kier molecular flexibility index (Phi) is 3.47. The number of carbonyl (C=O) groups is 1. The largest absolute Gasteiger partial charge is 0.396 e. The van der Waals surface area contributed by atoms with Crippen molar-refractivity contribution in [3.63, 3.8) is 0 Å². The highest BCUT2D eigenvalue weighted by atomic mass is 16.5. The minimum atomic E-state index is 0.0550. The number of nitrogen functional groups attached to an aromatic ring is 1. The van der Waals surface area contributed by atoms with Crippen molar-refractivity contribution < 1.29 is 9.53 Å². The van der Waals surface area contributed by atoms with E-state index in [-0.39, 0.29) is 11.8 Å². The van der Waals surface area contributed by atoms with E-state index >= 15 is 0 Å². The van der Waals surface area contributed by atoms with Crippen LogP contribution in [0, 0.1) is 12.8 Å². The van der Waals surface area contributed by atoms with E-state index in [1.54, 1.807) is 20.2 Å². The molecule has 1 fully saturated rings. The molecule has 1 aliphatic rings. The second-order valence-electron chi connectivity index (χ2n) is 4.66. The Morgan fingerprint density at radius 3 is 2.59 bits per heavy atom. The molecule has 1 aromatic heterocycles. The number of anilines is 1. The number of rotatable bonds is 2. The van der Waals surface area contributed by atoms with Crippen LogP contribution in [-0.2, 0) is 4.74 Å². The lowest BCUT2D eigenvalue weighted by atomic mass is 9.87. The van der Waals surface area contributed by atoms with E-state index in [1.165, 1.54) is 4.68 Å². The van der Waals surface area contributed by atoms with Gasteiger partial charge in [0.15, 0.2) is 0 Å². The fraction of sp³-hybridized carbons (Fsp3) is 0.667. The van der Waals surface area contributed by atoms with E-state index in [4.69, 9.17) is 10.5 Å². The molecule has 94 valence electrons. The van der Waals surface area contributed by atoms with Gasteiger partial charge in [-0.2, -0.15) is 5.10 Å². The highest BCUT2D eigenvalue weighted by Crippen LogP contribution is 2.27. The van der Waals surface area contributed by atoms with Gasteiger partial charge < -0.3 is 10.5 Å². The Labute approximate surface area is 101 Å². The molecule has 2 rings (SSSR count). The molecule has 0 aromatic carbocycles. The van der Waals surface area contributed by atoms with Crippen LogP contribution in [-0.4, -0.2) is 28.9 Å². The zero-order valence-electron chi connectivity index (χ0n) is 10.3. The number of aromatic nitrogens is 2. The van der Waals surface area contributed by atoms with Crippen molar-refractivity contribution in [3.8, 4) is 0 Å². The number of nitrogens with zero attached hydrogens (tertiary/aromatic N) is 2. The lowest BCUT2D eigenvalue weighted by Crippen LogP contribution is -2.29. The molecule has 0 aliphatic heterocycles. The molecule has 1 saturated carbocycles. The van der Waals surface area contributed by atoms with Gasteiger partial charge in [-0.05, 0) is 32.6 Å². The van der Waals surface area contributed by atoms with Crippen LogP contribution in [0.25, 0.3) is 0 Å². The zero-order chi connectivity index (χ0) is 12.4. The number of methoxy groups -OCH3 is 1. The first-order chi connectivity index (χ1) is 8.11. The summed E-state index contributed by atoms with van der Waals surface area (Å²) in [5.41, 5.74) is 6.98. The van der Waals surface area contributed by atoms with Crippen LogP contribution in [0.3, 0.4) is 0 Å². The van der Waals surface area contributed by atoms with Crippen molar-refractivity contribution in [3.05, 3.63) is 11.9 Å². The summed E-state index contributed by atoms with van der Waals surface area (Å²) in [5, 5.41) is 4.14. The summed E-state index contributed by atoms with van der Waals surface area (Å²) in [6.45, 7) is 1.81. The molecule has 5 nitrogen and oxygen atoms in total. The molecule has 0 bridgehead atoms. The molecular formula is C12H19N3O2. The van der Waals surface area contributed by atoms with Crippen molar-refractivity contribution in [2.75, 3.05) is 12.8 Å². The molecule has 0 unspecified atom stereocenters. The number of hydrogen-bond acceptors (Lipinski definition) is 4. The van der Waals surface area contributed by atoms with Gasteiger partial charge in [0, 0.05) is 13.0 Å². The second kappa shape index (κ2) is 4.87. The van der Waals surface area contributed by atoms with Crippen LogP contribution >= 0.6 is 0 Å². The molecular weight excluding hydrogens is 218 g/mol. The van der Waals surface area contributed by atoms with Gasteiger partial charge in [0.05, 0.1) is 23.7 Å². The molecule has 5 heteroatoms. The van der Waals surface area contributed by atoms with Gasteiger partial charge in [0.25, 0.3) is 0 Å². The summed E-state index contributed by atoms with van der Waals surface area (Å²) >= 11 is 0. The first-order valence-electron chi connectivity index (χ1n) is 6.00. The Morgan fingerprint density at radius 2 is 2.12 bits per heavy atom. The molecule has 1 heterocycles. The maximum absolute atomic E-state index is 12.2. The number of aryl methyl sites for hydroxylation is 1. The number of carbonyl (C=O) groups excluding carboxylic acids is 1. The Bertz CT molecular complexity index is 386. The van der Waals surface area contributed by atoms with Gasteiger partial charge >= 0.3 is 0 Å². The third-order valence-corrected chi connectivity index (χ3v) is 3.52. The van der Waals surface area contributed by atoms with Crippen LogP contribution < -0.4 is 5.73 Å². The average molecular weight is 237 g/mol. The molecule has 0 atom stereocenters. The molecule has 0 amide bonds. The molecule has 0 spiro atoms. The van der Waals surface area contributed by atoms with E-state index < -0.39 is 0 Å². The summed E-state index contributed by atoms with van der Waals surface area (Å²) < 4.78 is 6.69. The third kappa shape index (κ3) is 2.49. The summed E-state index contributed by atoms with van der Waals surface area (Å²) in [5.74, 6) is 0.111. The molecule has 2 N–H and O–H groups in total. The first kappa shape index (κ1) is 12.1. The van der Waals surface area contributed by atoms with Crippen LogP contribution in [0.1, 0.15) is 36.2 Å². The lowest BCUT2D eigenvalue weighted by molar-refractivity contribution is 0.0474. The maximum atomic E-state index is 12.2. The monoisotopic (exact) mass is 237 g/mol. The van der Waals surface area contributed by atoms with Gasteiger partial charge in [-0.15, -0.1) is 0 Å². The fourth-order valence-corrected chi connectivity index (χ4v) is 2.32. The topological polar surface area (TPSA) is 70.1 Å². The predicted octanol–water partition coefficient (Wildman–Crippen LogP) is 1.62. The van der Waals surface area contributed by atoms with Crippen LogP contribution in [0.4, 0.5) is 5.69 Å². The van der Waals surface area contributed by atoms with Crippen LogP contribution in [0.15, 0.2) is 6.20 Å². The van der Waals surface area contributed by atoms with Crippen molar-refractivity contribution in [1.29, 1.82) is 0 Å². The summed E-state index contributed by atoms with van der Waals surface area (Å²) in [6, 6.07) is 0. The van der Waals surface area contributed by atoms with Gasteiger partial charge in [0.1, 0.15) is 0 Å². The van der Waals surface area contributed by atoms with E-state index in [1.807, 2.05) is 0 Å². The van der Waals surface area contributed by atoms with Gasteiger partial charge in [0.2, 0.25) is 5.91 Å². The van der Waals surface area contributed by atoms with Crippen molar-refractivity contribution in [2.24, 2.45) is 5.92 Å². The van der Waals surface area contributed by atoms with Gasteiger partial charge in [-0.1, -0.05) is 0 Å². The average Bonchev–Trinajstić information content (AvgIpc) is 2.69. The Hall–Kier alpha value is -1.36. The van der Waals surface area contributed by atoms with Crippen molar-refractivity contribution in [1.82, 2.24) is 9.78 Å². The van der Waals surface area contributed by atoms with Gasteiger partial charge in [-0.25, -0.2) is 4.68 Å². The quantitative estimate of drug-likeness (QED) is 0.848. The minimum Gasteiger partial charge on any atom is -0.396 e. The normalized spacial score (nSPS) is 24.8. The molecule has 0 saturated heterocycles. The molecule has 1 aliphatic carbocycles. The Morgan fingerprint density at radius 1 is 1.47 bits per heavy atom. The van der Waals surface area contributed by atoms with Crippen LogP contribution in [0.5, 0.6) is 0 Å². The third-order valence-electron chi connectivity index (χ3n) is 3.52. The standard InChI is InChI=1S/C12H19N3O2/c1-8-11(13)7-15(14-8)12(16)9-3-5-10(17-2)6-4-9/h7,9-10H,3-6,13H2,1-2H3. The fourth-order valence-electron chi connectivity index (χ4n) is 2.32. The zero-order valence-corrected chi connectivity index (χ0v) is 10.3. The highest BCUT2D eigenvalue weighted by molar-refractivity contribution is 5.81. The van der Waals surface area contributed by atoms with Crippen molar-refractivity contribution >= 4 is 11.6 Å². The summed E-state index contributed by atoms with van der Waals surface area (Å²) in [6.07, 6.45) is 5.56. The first-order valence-corrected chi connectivity index (χ1v) is 6.00. The van der Waals surface area contributed by atoms with E-state index in [9.17, 15) is 4.79 Å². The molecule has 1 aromatic rings. The smallest absolute Gasteiger partial charge is 0.250 e. The summed E-state index contributed by atoms with van der Waals surface area (Å²) in [7, 11) is 1.73. The molecule has 0 radical (unpaired) electrons. The minimum absolute atomic E-state index is 0.0550. The SMILES string of the molecule is COC1CCC(C(=O)n2cc(N)c(C)n2)CC1. The highest BCUT2D eigenvalue weighted by Gasteiger charge is 2.27. The van der Waals surface area contributed by atoms with E-state index in [2.05, 4.69) is 5.10 Å². The lowest BCUT2D eigenvalue weighted by Gasteiger charge is -2.26. The number of hydrogen-bond donors (Lipinski definition) is 1. The van der Waals surface area contributed by atoms with Crippen molar-refractivity contribution in [2.45, 2.75) is 38.7 Å². The maximum Gasteiger partial charge on any atom is 0.250 e. The summed E-state index contributed by atoms with van der Waals surface area (Å²) in [4.78, 5) is 12.2. The van der Waals surface area contributed by atoms with Gasteiger partial charge in [-0.3, -0.25) is 4.79 Å². The predicted molar refractivity (Wildman–Crippen MR) is 64.8 cm³/mol. The second-order valence-corrected chi connectivity index (χ2v) is 4.66. The van der Waals surface area contributed by atoms with Crippen LogP contribution in [0.2, 0.25) is 0 Å². The molecule has 17 heavy (non-hydrogen) atoms.